The Morgan fingerprint density at radius 2 is 2.00 bits per heavy atom. The minimum atomic E-state index is 0.0400. The molecule has 0 bridgehead atoms. The molecule has 0 fully saturated rings. The number of nitrogens with one attached hydrogen (secondary N) is 1. The number of pyridine rings is 2. The van der Waals surface area contributed by atoms with Gasteiger partial charge in [-0.15, -0.1) is 0 Å². The fraction of sp³-hybridized carbons (Fsp3) is 0.231. The van der Waals surface area contributed by atoms with Crippen molar-refractivity contribution >= 4 is 0 Å². The topological polar surface area (TPSA) is 46.9 Å². The molecule has 17 heavy (non-hydrogen) atoms. The number of aromatic nitrogens is 2. The third-order valence-electron chi connectivity index (χ3n) is 2.51. The molecule has 0 radical (unpaired) electrons. The lowest BCUT2D eigenvalue weighted by Crippen LogP contribution is -2.25. The van der Waals surface area contributed by atoms with E-state index in [-0.39, 0.29) is 5.56 Å². The molecule has 0 aromatic carbocycles. The van der Waals surface area contributed by atoms with Crippen LogP contribution in [0, 0.1) is 0 Å². The van der Waals surface area contributed by atoms with Crippen molar-refractivity contribution in [1.29, 1.82) is 0 Å². The van der Waals surface area contributed by atoms with Gasteiger partial charge in [0.05, 0.1) is 0 Å². The Hall–Kier alpha value is -1.94. The van der Waals surface area contributed by atoms with Crippen molar-refractivity contribution in [2.75, 3.05) is 6.54 Å². The van der Waals surface area contributed by atoms with Crippen LogP contribution in [0.4, 0.5) is 0 Å². The van der Waals surface area contributed by atoms with Gasteiger partial charge in [-0.1, -0.05) is 6.07 Å². The Morgan fingerprint density at radius 3 is 2.76 bits per heavy atom. The molecule has 2 aromatic rings. The summed E-state index contributed by atoms with van der Waals surface area (Å²) in [5.74, 6) is 0. The Bertz CT molecular complexity index is 507. The van der Waals surface area contributed by atoms with Crippen LogP contribution in [-0.4, -0.2) is 16.1 Å². The molecule has 88 valence electrons. The highest BCUT2D eigenvalue weighted by molar-refractivity contribution is 5.08. The highest BCUT2D eigenvalue weighted by Gasteiger charge is 1.94. The van der Waals surface area contributed by atoms with Gasteiger partial charge in [-0.05, 0) is 23.8 Å². The number of rotatable bonds is 5. The molecule has 0 saturated heterocycles. The van der Waals surface area contributed by atoms with E-state index in [9.17, 15) is 4.79 Å². The van der Waals surface area contributed by atoms with E-state index in [1.54, 1.807) is 35.3 Å². The van der Waals surface area contributed by atoms with E-state index in [0.717, 1.165) is 13.1 Å². The molecule has 0 unspecified atom stereocenters. The summed E-state index contributed by atoms with van der Waals surface area (Å²) < 4.78 is 1.69. The van der Waals surface area contributed by atoms with Crippen molar-refractivity contribution in [3.8, 4) is 0 Å². The van der Waals surface area contributed by atoms with Gasteiger partial charge < -0.3 is 9.88 Å². The quantitative estimate of drug-likeness (QED) is 0.779. The van der Waals surface area contributed by atoms with Gasteiger partial charge in [0.1, 0.15) is 0 Å². The van der Waals surface area contributed by atoms with Gasteiger partial charge in [0.2, 0.25) is 0 Å². The van der Waals surface area contributed by atoms with Crippen LogP contribution in [0.25, 0.3) is 0 Å². The SMILES string of the molecule is O=c1ccccn1CCNCc1ccncc1. The van der Waals surface area contributed by atoms with Gasteiger partial charge in [-0.3, -0.25) is 9.78 Å². The molecule has 0 amide bonds. The lowest BCUT2D eigenvalue weighted by Gasteiger charge is -2.06. The van der Waals surface area contributed by atoms with E-state index in [1.165, 1.54) is 5.56 Å². The maximum atomic E-state index is 11.4. The molecular formula is C13H15N3O. The van der Waals surface area contributed by atoms with E-state index < -0.39 is 0 Å². The van der Waals surface area contributed by atoms with Crippen LogP contribution in [0.15, 0.2) is 53.7 Å². The summed E-state index contributed by atoms with van der Waals surface area (Å²) >= 11 is 0. The summed E-state index contributed by atoms with van der Waals surface area (Å²) in [5, 5.41) is 3.29. The largest absolute Gasteiger partial charge is 0.314 e. The number of hydrogen-bond acceptors (Lipinski definition) is 3. The van der Waals surface area contributed by atoms with Crippen LogP contribution in [0.1, 0.15) is 5.56 Å². The highest BCUT2D eigenvalue weighted by Crippen LogP contribution is 1.94. The first-order valence-corrected chi connectivity index (χ1v) is 5.61. The second-order valence-electron chi connectivity index (χ2n) is 3.76. The zero-order valence-electron chi connectivity index (χ0n) is 9.54. The van der Waals surface area contributed by atoms with Crippen molar-refractivity contribution in [1.82, 2.24) is 14.9 Å². The van der Waals surface area contributed by atoms with Gasteiger partial charge in [0.25, 0.3) is 5.56 Å². The van der Waals surface area contributed by atoms with Crippen molar-refractivity contribution in [2.45, 2.75) is 13.1 Å². The average Bonchev–Trinajstić information content (AvgIpc) is 2.38. The molecule has 1 N–H and O–H groups in total. The maximum Gasteiger partial charge on any atom is 0.250 e. The van der Waals surface area contributed by atoms with Gasteiger partial charge in [-0.25, -0.2) is 0 Å². The molecule has 2 aromatic heterocycles. The summed E-state index contributed by atoms with van der Waals surface area (Å²) in [5.41, 5.74) is 1.23. The normalized spacial score (nSPS) is 10.4. The van der Waals surface area contributed by atoms with Gasteiger partial charge >= 0.3 is 0 Å². The molecule has 2 rings (SSSR count). The van der Waals surface area contributed by atoms with Gasteiger partial charge in [-0.2, -0.15) is 0 Å². The first kappa shape index (κ1) is 11.5. The maximum absolute atomic E-state index is 11.4. The third-order valence-corrected chi connectivity index (χ3v) is 2.51. The fourth-order valence-corrected chi connectivity index (χ4v) is 1.58. The van der Waals surface area contributed by atoms with Gasteiger partial charge in [0, 0.05) is 44.3 Å². The standard InChI is InChI=1S/C13H15N3O/c17-13-3-1-2-9-16(13)10-8-15-11-12-4-6-14-7-5-12/h1-7,9,15H,8,10-11H2. The van der Waals surface area contributed by atoms with E-state index in [4.69, 9.17) is 0 Å². The van der Waals surface area contributed by atoms with E-state index in [2.05, 4.69) is 10.3 Å². The lowest BCUT2D eigenvalue weighted by molar-refractivity contribution is 0.585. The molecular weight excluding hydrogens is 214 g/mol. The molecule has 2 heterocycles. The highest BCUT2D eigenvalue weighted by atomic mass is 16.1. The monoisotopic (exact) mass is 229 g/mol. The fourth-order valence-electron chi connectivity index (χ4n) is 1.58. The molecule has 0 aliphatic rings. The zero-order valence-corrected chi connectivity index (χ0v) is 9.54. The second-order valence-corrected chi connectivity index (χ2v) is 3.76. The zero-order chi connectivity index (χ0) is 11.9. The van der Waals surface area contributed by atoms with Crippen molar-refractivity contribution < 1.29 is 0 Å². The summed E-state index contributed by atoms with van der Waals surface area (Å²) in [6.45, 7) is 2.25. The molecule has 0 saturated carbocycles. The van der Waals surface area contributed by atoms with Crippen LogP contribution in [0.3, 0.4) is 0 Å². The van der Waals surface area contributed by atoms with E-state index >= 15 is 0 Å². The van der Waals surface area contributed by atoms with Crippen molar-refractivity contribution in [3.05, 3.63) is 64.8 Å². The Kier molecular flexibility index (Phi) is 4.05. The second kappa shape index (κ2) is 5.96. The Labute approximate surface area is 99.9 Å². The number of nitrogens with zero attached hydrogens (tertiary/aromatic N) is 2. The molecule has 0 aliphatic carbocycles. The minimum absolute atomic E-state index is 0.0400. The molecule has 0 aliphatic heterocycles. The lowest BCUT2D eigenvalue weighted by atomic mass is 10.3. The van der Waals surface area contributed by atoms with Crippen LogP contribution in [0.2, 0.25) is 0 Å². The molecule has 4 nitrogen and oxygen atoms in total. The summed E-state index contributed by atoms with van der Waals surface area (Å²) in [6, 6.07) is 9.14. The summed E-state index contributed by atoms with van der Waals surface area (Å²) in [7, 11) is 0. The first-order valence-electron chi connectivity index (χ1n) is 5.61. The number of hydrogen-bond donors (Lipinski definition) is 1. The van der Waals surface area contributed by atoms with Crippen LogP contribution < -0.4 is 10.9 Å². The molecule has 4 heteroatoms. The average molecular weight is 229 g/mol. The van der Waals surface area contributed by atoms with Crippen LogP contribution >= 0.6 is 0 Å². The predicted molar refractivity (Wildman–Crippen MR) is 66.6 cm³/mol. The van der Waals surface area contributed by atoms with Crippen LogP contribution in [-0.2, 0) is 13.1 Å². The van der Waals surface area contributed by atoms with E-state index in [1.807, 2.05) is 18.2 Å². The van der Waals surface area contributed by atoms with Crippen LogP contribution in [0.5, 0.6) is 0 Å². The predicted octanol–water partition coefficient (Wildman–Crippen LogP) is 1.03. The summed E-state index contributed by atoms with van der Waals surface area (Å²) in [6.07, 6.45) is 5.36. The Balaban J connectivity index is 1.78. The first-order chi connectivity index (χ1) is 8.36. The molecule has 0 atom stereocenters. The molecule has 0 spiro atoms. The smallest absolute Gasteiger partial charge is 0.250 e. The van der Waals surface area contributed by atoms with E-state index in [0.29, 0.717) is 6.54 Å². The Morgan fingerprint density at radius 1 is 1.18 bits per heavy atom. The van der Waals surface area contributed by atoms with Crippen molar-refractivity contribution in [2.24, 2.45) is 0 Å². The van der Waals surface area contributed by atoms with Gasteiger partial charge in [0.15, 0.2) is 0 Å². The summed E-state index contributed by atoms with van der Waals surface area (Å²) in [4.78, 5) is 15.4. The van der Waals surface area contributed by atoms with Crippen molar-refractivity contribution in [3.63, 3.8) is 0 Å². The minimum Gasteiger partial charge on any atom is -0.314 e. The third kappa shape index (κ3) is 3.53.